The lowest BCUT2D eigenvalue weighted by atomic mass is 10.2. The monoisotopic (exact) mass is 342 g/mol. The predicted molar refractivity (Wildman–Crippen MR) is 83.2 cm³/mol. The third-order valence-corrected chi connectivity index (χ3v) is 3.92. The molecule has 0 spiro atoms. The first-order chi connectivity index (χ1) is 11.6. The van der Waals surface area contributed by atoms with Crippen molar-refractivity contribution in [3.63, 3.8) is 0 Å². The van der Waals surface area contributed by atoms with E-state index in [-0.39, 0.29) is 17.1 Å². The van der Waals surface area contributed by atoms with Crippen LogP contribution in [-0.4, -0.2) is 52.8 Å². The van der Waals surface area contributed by atoms with Gasteiger partial charge in [0.1, 0.15) is 12.0 Å². The largest absolute Gasteiger partial charge is 0.478 e. The predicted octanol–water partition coefficient (Wildman–Crippen LogP) is 1.13. The molecular formula is C14H10N6O3S. The van der Waals surface area contributed by atoms with E-state index in [0.717, 1.165) is 11.8 Å². The number of carboxylic acids is 1. The van der Waals surface area contributed by atoms with Gasteiger partial charge in [-0.1, -0.05) is 11.8 Å². The van der Waals surface area contributed by atoms with Crippen LogP contribution in [0.4, 0.5) is 0 Å². The number of tetrazole rings is 1. The zero-order valence-electron chi connectivity index (χ0n) is 12.1. The molecule has 3 aromatic rings. The average molecular weight is 342 g/mol. The van der Waals surface area contributed by atoms with E-state index in [9.17, 15) is 9.59 Å². The van der Waals surface area contributed by atoms with Crippen molar-refractivity contribution in [3.05, 3.63) is 54.1 Å². The molecule has 0 aliphatic heterocycles. The highest BCUT2D eigenvalue weighted by Crippen LogP contribution is 2.19. The number of aromatic carboxylic acids is 1. The fourth-order valence-corrected chi connectivity index (χ4v) is 2.60. The van der Waals surface area contributed by atoms with Crippen LogP contribution >= 0.6 is 11.8 Å². The highest BCUT2D eigenvalue weighted by atomic mass is 32.2. The summed E-state index contributed by atoms with van der Waals surface area (Å²) >= 11 is 1.16. The Bertz CT molecular complexity index is 866. The standard InChI is InChI=1S/C14H10N6O3S/c21-12(11-5-6-15-8-16-11)7-24-14-17-18-19-20(14)10-3-1-9(2-4-10)13(22)23/h1-6,8H,7H2,(H,22,23). The molecule has 9 nitrogen and oxygen atoms in total. The third-order valence-electron chi connectivity index (χ3n) is 3.00. The molecule has 0 unspecified atom stereocenters. The summed E-state index contributed by atoms with van der Waals surface area (Å²) in [5, 5.41) is 20.7. The fourth-order valence-electron chi connectivity index (χ4n) is 1.84. The Balaban J connectivity index is 1.73. The summed E-state index contributed by atoms with van der Waals surface area (Å²) in [4.78, 5) is 30.6. The van der Waals surface area contributed by atoms with Crippen molar-refractivity contribution in [2.75, 3.05) is 5.75 Å². The molecule has 10 heteroatoms. The summed E-state index contributed by atoms with van der Waals surface area (Å²) in [6.07, 6.45) is 2.81. The van der Waals surface area contributed by atoms with Crippen molar-refractivity contribution in [1.29, 1.82) is 0 Å². The quantitative estimate of drug-likeness (QED) is 0.518. The van der Waals surface area contributed by atoms with E-state index >= 15 is 0 Å². The summed E-state index contributed by atoms with van der Waals surface area (Å²) in [6, 6.07) is 7.64. The van der Waals surface area contributed by atoms with Gasteiger partial charge in [-0.15, -0.1) is 5.10 Å². The van der Waals surface area contributed by atoms with Gasteiger partial charge in [0.2, 0.25) is 5.16 Å². The molecular weight excluding hydrogens is 332 g/mol. The maximum Gasteiger partial charge on any atom is 0.335 e. The van der Waals surface area contributed by atoms with Crippen molar-refractivity contribution < 1.29 is 14.7 Å². The van der Waals surface area contributed by atoms with Crippen LogP contribution in [0.3, 0.4) is 0 Å². The van der Waals surface area contributed by atoms with Crippen LogP contribution in [-0.2, 0) is 0 Å². The molecule has 0 atom stereocenters. The van der Waals surface area contributed by atoms with Gasteiger partial charge < -0.3 is 5.11 Å². The molecule has 1 N–H and O–H groups in total. The molecule has 2 heterocycles. The lowest BCUT2D eigenvalue weighted by molar-refractivity contribution is 0.0696. The van der Waals surface area contributed by atoms with Gasteiger partial charge in [-0.2, -0.15) is 4.68 Å². The fraction of sp³-hybridized carbons (Fsp3) is 0.0714. The van der Waals surface area contributed by atoms with E-state index < -0.39 is 5.97 Å². The number of thioether (sulfide) groups is 1. The Morgan fingerprint density at radius 2 is 1.96 bits per heavy atom. The number of Topliss-reactive ketones (excluding diaryl/α,β-unsaturated/α-hetero) is 1. The van der Waals surface area contributed by atoms with Gasteiger partial charge in [-0.05, 0) is 40.8 Å². The van der Waals surface area contributed by atoms with Gasteiger partial charge in [0.15, 0.2) is 5.78 Å². The topological polar surface area (TPSA) is 124 Å². The number of hydrogen-bond acceptors (Lipinski definition) is 8. The van der Waals surface area contributed by atoms with E-state index in [1.54, 1.807) is 12.1 Å². The van der Waals surface area contributed by atoms with E-state index in [1.165, 1.54) is 35.4 Å². The van der Waals surface area contributed by atoms with Crippen LogP contribution in [0.5, 0.6) is 0 Å². The second kappa shape index (κ2) is 6.96. The van der Waals surface area contributed by atoms with E-state index in [1.807, 2.05) is 0 Å². The summed E-state index contributed by atoms with van der Waals surface area (Å²) in [5.41, 5.74) is 1.09. The highest BCUT2D eigenvalue weighted by Gasteiger charge is 2.14. The zero-order chi connectivity index (χ0) is 16.9. The molecule has 0 radical (unpaired) electrons. The SMILES string of the molecule is O=C(O)c1ccc(-n2nnnc2SCC(=O)c2ccncn2)cc1. The van der Waals surface area contributed by atoms with Gasteiger partial charge >= 0.3 is 5.97 Å². The minimum absolute atomic E-state index is 0.116. The molecule has 1 aromatic carbocycles. The Hall–Kier alpha value is -3.14. The summed E-state index contributed by atoms with van der Waals surface area (Å²) in [5.74, 6) is -1.06. The molecule has 0 bridgehead atoms. The summed E-state index contributed by atoms with van der Waals surface area (Å²) < 4.78 is 1.43. The minimum Gasteiger partial charge on any atom is -0.478 e. The third kappa shape index (κ3) is 3.43. The Morgan fingerprint density at radius 1 is 1.17 bits per heavy atom. The zero-order valence-corrected chi connectivity index (χ0v) is 12.9. The van der Waals surface area contributed by atoms with Crippen molar-refractivity contribution in [2.45, 2.75) is 5.16 Å². The highest BCUT2D eigenvalue weighted by molar-refractivity contribution is 7.99. The second-order valence-corrected chi connectivity index (χ2v) is 5.47. The Morgan fingerprint density at radius 3 is 2.62 bits per heavy atom. The second-order valence-electron chi connectivity index (χ2n) is 4.53. The van der Waals surface area contributed by atoms with Crippen molar-refractivity contribution >= 4 is 23.5 Å². The van der Waals surface area contributed by atoms with Crippen molar-refractivity contribution in [2.24, 2.45) is 0 Å². The minimum atomic E-state index is -1.01. The molecule has 0 aliphatic carbocycles. The van der Waals surface area contributed by atoms with E-state index in [0.29, 0.717) is 16.5 Å². The number of carbonyl (C=O) groups excluding carboxylic acids is 1. The number of benzene rings is 1. The first-order valence-electron chi connectivity index (χ1n) is 6.69. The molecule has 2 aromatic heterocycles. The van der Waals surface area contributed by atoms with E-state index in [4.69, 9.17) is 5.11 Å². The lowest BCUT2D eigenvalue weighted by Crippen LogP contribution is -2.07. The normalized spacial score (nSPS) is 10.5. The Labute approximate surface area is 139 Å². The van der Waals surface area contributed by atoms with Gasteiger partial charge in [0, 0.05) is 6.20 Å². The van der Waals surface area contributed by atoms with Crippen molar-refractivity contribution in [1.82, 2.24) is 30.2 Å². The Kier molecular flexibility index (Phi) is 4.57. The summed E-state index contributed by atoms with van der Waals surface area (Å²) in [7, 11) is 0. The molecule has 0 saturated heterocycles. The maximum absolute atomic E-state index is 12.1. The van der Waals surface area contributed by atoms with Gasteiger partial charge in [-0.25, -0.2) is 14.8 Å². The summed E-state index contributed by atoms with van der Waals surface area (Å²) in [6.45, 7) is 0. The van der Waals surface area contributed by atoms with Crippen LogP contribution < -0.4 is 0 Å². The molecule has 0 aliphatic rings. The van der Waals surface area contributed by atoms with Crippen LogP contribution in [0, 0.1) is 0 Å². The van der Waals surface area contributed by atoms with Gasteiger partial charge in [-0.3, -0.25) is 4.79 Å². The van der Waals surface area contributed by atoms with Gasteiger partial charge in [0.05, 0.1) is 17.0 Å². The molecule has 0 fully saturated rings. The number of aromatic nitrogens is 6. The molecule has 0 amide bonds. The van der Waals surface area contributed by atoms with Gasteiger partial charge in [0.25, 0.3) is 0 Å². The first kappa shape index (κ1) is 15.7. The van der Waals surface area contributed by atoms with Crippen LogP contribution in [0.2, 0.25) is 0 Å². The maximum atomic E-state index is 12.1. The number of rotatable bonds is 6. The number of nitrogens with zero attached hydrogens (tertiary/aromatic N) is 6. The number of ketones is 1. The van der Waals surface area contributed by atoms with Crippen LogP contribution in [0.1, 0.15) is 20.8 Å². The smallest absolute Gasteiger partial charge is 0.335 e. The molecule has 120 valence electrons. The van der Waals surface area contributed by atoms with E-state index in [2.05, 4.69) is 25.5 Å². The lowest BCUT2D eigenvalue weighted by Gasteiger charge is -2.04. The first-order valence-corrected chi connectivity index (χ1v) is 7.68. The van der Waals surface area contributed by atoms with Crippen LogP contribution in [0.25, 0.3) is 5.69 Å². The average Bonchev–Trinajstić information content (AvgIpc) is 3.09. The number of hydrogen-bond donors (Lipinski definition) is 1. The molecule has 0 saturated carbocycles. The molecule has 24 heavy (non-hydrogen) atoms. The molecule has 3 rings (SSSR count). The number of carbonyl (C=O) groups is 2. The van der Waals surface area contributed by atoms with Crippen LogP contribution in [0.15, 0.2) is 48.0 Å². The number of carboxylic acid groups (broad SMARTS) is 1. The van der Waals surface area contributed by atoms with Crippen molar-refractivity contribution in [3.8, 4) is 5.69 Å².